The molecule has 2 heterocycles. The van der Waals surface area contributed by atoms with E-state index in [1.807, 2.05) is 36.4 Å². The highest BCUT2D eigenvalue weighted by molar-refractivity contribution is 5.85. The number of hydrogen-bond donors (Lipinski definition) is 1. The molecule has 1 N–H and O–H groups in total. The van der Waals surface area contributed by atoms with Crippen LogP contribution in [-0.2, 0) is 6.54 Å². The van der Waals surface area contributed by atoms with Crippen molar-refractivity contribution >= 4 is 24.6 Å². The van der Waals surface area contributed by atoms with E-state index in [4.69, 9.17) is 4.52 Å². The zero-order valence-electron chi connectivity index (χ0n) is 14.1. The van der Waals surface area contributed by atoms with Crippen LogP contribution in [0.25, 0.3) is 12.2 Å². The maximum Gasteiger partial charge on any atom is 0.441 e. The van der Waals surface area contributed by atoms with Crippen molar-refractivity contribution in [3.05, 3.63) is 52.3 Å². The molecule has 0 radical (unpaired) electrons. The normalized spacial score (nSPS) is 16.7. The summed E-state index contributed by atoms with van der Waals surface area (Å²) in [6, 6.07) is 9.75. The molecule has 1 aliphatic heterocycles. The number of hydrogen-bond acceptors (Lipinski definition) is 5. The van der Waals surface area contributed by atoms with Crippen LogP contribution in [0.4, 0.5) is 0 Å². The average Bonchev–Trinajstić information content (AvgIpc) is 2.95. The minimum absolute atomic E-state index is 0. The van der Waals surface area contributed by atoms with E-state index < -0.39 is 11.9 Å². The van der Waals surface area contributed by atoms with Crippen molar-refractivity contribution in [2.24, 2.45) is 0 Å². The van der Waals surface area contributed by atoms with Crippen LogP contribution >= 0.6 is 12.4 Å². The summed E-state index contributed by atoms with van der Waals surface area (Å²) in [7, 11) is 0. The molecule has 1 saturated heterocycles. The van der Waals surface area contributed by atoms with Crippen molar-refractivity contribution in [1.29, 1.82) is 0 Å². The molecule has 3 rings (SSSR count). The molecule has 2 aromatic rings. The number of aromatic nitrogens is 2. The Bertz CT molecular complexity index is 721. The lowest BCUT2D eigenvalue weighted by atomic mass is 10.1. The molecule has 0 saturated carbocycles. The molecule has 0 aliphatic carbocycles. The van der Waals surface area contributed by atoms with Crippen LogP contribution in [-0.4, -0.2) is 45.5 Å². The lowest BCUT2D eigenvalue weighted by Crippen LogP contribution is -2.39. The van der Waals surface area contributed by atoms with Gasteiger partial charge in [0.2, 0.25) is 0 Å². The molecule has 1 aromatic carbocycles. The van der Waals surface area contributed by atoms with E-state index in [1.165, 1.54) is 23.8 Å². The molecule has 1 fully saturated rings. The van der Waals surface area contributed by atoms with Crippen LogP contribution in [0.1, 0.15) is 30.7 Å². The summed E-state index contributed by atoms with van der Waals surface area (Å²) in [6.45, 7) is 2.78. The minimum Gasteiger partial charge on any atom is -0.390 e. The zero-order valence-corrected chi connectivity index (χ0v) is 14.9. The molecule has 0 spiro atoms. The Kier molecular flexibility index (Phi) is 7.43. The molecule has 6 nitrogen and oxygen atoms in total. The van der Waals surface area contributed by atoms with Crippen molar-refractivity contribution in [3.8, 4) is 0 Å². The summed E-state index contributed by atoms with van der Waals surface area (Å²) in [5.41, 5.74) is 1.01. The van der Waals surface area contributed by atoms with Crippen LogP contribution in [0.15, 0.2) is 39.6 Å². The Morgan fingerprint density at radius 1 is 1.12 bits per heavy atom. The van der Waals surface area contributed by atoms with Gasteiger partial charge in [-0.25, -0.2) is 4.79 Å². The van der Waals surface area contributed by atoms with Gasteiger partial charge < -0.3 is 10.0 Å². The number of halogens is 1. The number of nitrogens with zero attached hydrogens (tertiary/aromatic N) is 3. The van der Waals surface area contributed by atoms with E-state index >= 15 is 0 Å². The van der Waals surface area contributed by atoms with E-state index in [0.717, 1.165) is 18.7 Å². The highest BCUT2D eigenvalue weighted by atomic mass is 35.5. The molecule has 1 atom stereocenters. The van der Waals surface area contributed by atoms with E-state index in [2.05, 4.69) is 10.1 Å². The van der Waals surface area contributed by atoms with Gasteiger partial charge in [0.15, 0.2) is 5.82 Å². The lowest BCUT2D eigenvalue weighted by Gasteiger charge is -2.28. The number of aliphatic hydroxyl groups is 1. The highest BCUT2D eigenvalue weighted by Crippen LogP contribution is 2.10. The summed E-state index contributed by atoms with van der Waals surface area (Å²) < 4.78 is 6.14. The fourth-order valence-electron chi connectivity index (χ4n) is 3.01. The summed E-state index contributed by atoms with van der Waals surface area (Å²) >= 11 is 0. The predicted octanol–water partition coefficient (Wildman–Crippen LogP) is 2.28. The first-order valence-electron chi connectivity index (χ1n) is 8.42. The van der Waals surface area contributed by atoms with Gasteiger partial charge in [-0.05, 0) is 37.6 Å². The molecule has 1 aromatic heterocycles. The van der Waals surface area contributed by atoms with Crippen LogP contribution in [0.5, 0.6) is 0 Å². The van der Waals surface area contributed by atoms with Gasteiger partial charge in [-0.3, -0.25) is 9.09 Å². The molecule has 0 bridgehead atoms. The van der Waals surface area contributed by atoms with Crippen LogP contribution in [0.3, 0.4) is 0 Å². The second-order valence-electron chi connectivity index (χ2n) is 6.18. The smallest absolute Gasteiger partial charge is 0.390 e. The zero-order chi connectivity index (χ0) is 16.8. The Morgan fingerprint density at radius 2 is 1.84 bits per heavy atom. The predicted molar refractivity (Wildman–Crippen MR) is 99.7 cm³/mol. The monoisotopic (exact) mass is 365 g/mol. The standard InChI is InChI=1S/C18H23N3O3.ClH/c22-16(13-20-11-5-2-6-12-20)14-21-17(19-24-18(21)23)10-9-15-7-3-1-4-8-15;/h1,3-4,7-10,16,22H,2,5-6,11-14H2;1H/b10-9+;. The molecule has 0 amide bonds. The SMILES string of the molecule is Cl.O=c1onc(/C=C/c2ccccc2)n1CC(O)CN1CCCCC1. The number of benzene rings is 1. The third kappa shape index (κ3) is 5.56. The Hall–Kier alpha value is -1.89. The maximum atomic E-state index is 11.9. The highest BCUT2D eigenvalue weighted by Gasteiger charge is 2.17. The Labute approximate surface area is 153 Å². The fraction of sp³-hybridized carbons (Fsp3) is 0.444. The van der Waals surface area contributed by atoms with E-state index in [1.54, 1.807) is 6.08 Å². The first-order valence-corrected chi connectivity index (χ1v) is 8.42. The van der Waals surface area contributed by atoms with Crippen LogP contribution in [0.2, 0.25) is 0 Å². The minimum atomic E-state index is -0.621. The van der Waals surface area contributed by atoms with Crippen molar-refractivity contribution in [1.82, 2.24) is 14.6 Å². The van der Waals surface area contributed by atoms with E-state index in [-0.39, 0.29) is 19.0 Å². The van der Waals surface area contributed by atoms with Gasteiger partial charge in [-0.15, -0.1) is 12.4 Å². The van der Waals surface area contributed by atoms with Crippen LogP contribution < -0.4 is 5.76 Å². The Balaban J connectivity index is 0.00000225. The quantitative estimate of drug-likeness (QED) is 0.850. The molecule has 136 valence electrons. The third-order valence-electron chi connectivity index (χ3n) is 4.25. The van der Waals surface area contributed by atoms with Crippen molar-refractivity contribution in [2.45, 2.75) is 31.9 Å². The van der Waals surface area contributed by atoms with E-state index in [0.29, 0.717) is 12.4 Å². The fourth-order valence-corrected chi connectivity index (χ4v) is 3.01. The number of β-amino-alcohol motifs (C(OH)–C–C–N with tert-alkyl or cyclic N) is 1. The molecule has 1 aliphatic rings. The summed E-state index contributed by atoms with van der Waals surface area (Å²) in [5.74, 6) is -0.123. The van der Waals surface area contributed by atoms with Gasteiger partial charge in [0.25, 0.3) is 0 Å². The number of rotatable bonds is 6. The number of piperidine rings is 1. The van der Waals surface area contributed by atoms with Crippen molar-refractivity contribution < 1.29 is 9.63 Å². The Morgan fingerprint density at radius 3 is 2.56 bits per heavy atom. The average molecular weight is 366 g/mol. The van der Waals surface area contributed by atoms with Gasteiger partial charge in [-0.2, -0.15) is 0 Å². The van der Waals surface area contributed by atoms with Crippen molar-refractivity contribution in [2.75, 3.05) is 19.6 Å². The first-order chi connectivity index (χ1) is 11.7. The molecular weight excluding hydrogens is 342 g/mol. The van der Waals surface area contributed by atoms with Gasteiger partial charge in [0.05, 0.1) is 12.6 Å². The molecule has 7 heteroatoms. The topological polar surface area (TPSA) is 71.5 Å². The molecule has 1 unspecified atom stereocenters. The van der Waals surface area contributed by atoms with Gasteiger partial charge >= 0.3 is 5.76 Å². The summed E-state index contributed by atoms with van der Waals surface area (Å²) in [6.07, 6.45) is 6.57. The molecule has 25 heavy (non-hydrogen) atoms. The lowest BCUT2D eigenvalue weighted by molar-refractivity contribution is 0.0866. The second-order valence-corrected chi connectivity index (χ2v) is 6.18. The summed E-state index contributed by atoms with van der Waals surface area (Å²) in [4.78, 5) is 14.1. The summed E-state index contributed by atoms with van der Waals surface area (Å²) in [5, 5.41) is 14.1. The van der Waals surface area contributed by atoms with E-state index in [9.17, 15) is 9.90 Å². The maximum absolute atomic E-state index is 11.9. The third-order valence-corrected chi connectivity index (χ3v) is 4.25. The first kappa shape index (κ1) is 19.4. The van der Waals surface area contributed by atoms with Gasteiger partial charge in [0, 0.05) is 6.54 Å². The van der Waals surface area contributed by atoms with Crippen molar-refractivity contribution in [3.63, 3.8) is 0 Å². The number of aliphatic hydroxyl groups excluding tert-OH is 1. The molecular formula is C18H24ClN3O3. The largest absolute Gasteiger partial charge is 0.441 e. The van der Waals surface area contributed by atoms with Gasteiger partial charge in [0.1, 0.15) is 0 Å². The van der Waals surface area contributed by atoms with Gasteiger partial charge in [-0.1, -0.05) is 48.0 Å². The van der Waals surface area contributed by atoms with Crippen LogP contribution in [0, 0.1) is 0 Å². The number of likely N-dealkylation sites (tertiary alicyclic amines) is 1. The second kappa shape index (κ2) is 9.56.